The number of hydrogen-bond donors (Lipinski definition) is 1. The summed E-state index contributed by atoms with van der Waals surface area (Å²) in [5, 5.41) is 7.42. The molecule has 0 bridgehead atoms. The molecule has 0 unspecified atom stereocenters. The van der Waals surface area contributed by atoms with E-state index < -0.39 is 10.0 Å². The van der Waals surface area contributed by atoms with Gasteiger partial charge < -0.3 is 0 Å². The minimum Gasteiger partial charge on any atom is -0.243 e. The second kappa shape index (κ2) is 6.58. The minimum atomic E-state index is -3.34. The van der Waals surface area contributed by atoms with E-state index in [0.29, 0.717) is 23.1 Å². The van der Waals surface area contributed by atoms with Gasteiger partial charge >= 0.3 is 0 Å². The first-order valence-corrected chi connectivity index (χ1v) is 9.14. The van der Waals surface area contributed by atoms with Gasteiger partial charge in [0.05, 0.1) is 5.75 Å². The molecule has 0 saturated carbocycles. The summed E-state index contributed by atoms with van der Waals surface area (Å²) in [4.78, 5) is 0. The fourth-order valence-electron chi connectivity index (χ4n) is 2.69. The molecular weight excluding hydrogens is 302 g/mol. The van der Waals surface area contributed by atoms with Gasteiger partial charge in [-0.15, -0.1) is 0 Å². The molecule has 0 aliphatic heterocycles. The van der Waals surface area contributed by atoms with Gasteiger partial charge in [-0.2, -0.15) is 0 Å². The molecule has 6 nitrogen and oxygen atoms in total. The van der Waals surface area contributed by atoms with Gasteiger partial charge in [-0.3, -0.25) is 0 Å². The molecule has 0 fully saturated rings. The maximum absolute atomic E-state index is 12.1. The summed E-state index contributed by atoms with van der Waals surface area (Å²) >= 11 is 0. The van der Waals surface area contributed by atoms with Crippen LogP contribution in [-0.2, 0) is 15.8 Å². The quantitative estimate of drug-likeness (QED) is 0.826. The third-order valence-electron chi connectivity index (χ3n) is 3.83. The van der Waals surface area contributed by atoms with Crippen molar-refractivity contribution >= 4 is 21.1 Å². The van der Waals surface area contributed by atoms with E-state index in [1.54, 1.807) is 18.2 Å². The first-order chi connectivity index (χ1) is 10.6. The first kappa shape index (κ1) is 15.2. The van der Waals surface area contributed by atoms with Crippen molar-refractivity contribution in [3.05, 3.63) is 35.4 Å². The van der Waals surface area contributed by atoms with Crippen LogP contribution in [0.25, 0.3) is 11.0 Å². The van der Waals surface area contributed by atoms with Gasteiger partial charge in [0.25, 0.3) is 0 Å². The van der Waals surface area contributed by atoms with Gasteiger partial charge in [-0.25, -0.2) is 17.8 Å². The zero-order valence-electron chi connectivity index (χ0n) is 12.3. The molecule has 0 radical (unpaired) electrons. The zero-order valence-corrected chi connectivity index (χ0v) is 13.1. The van der Waals surface area contributed by atoms with Crippen molar-refractivity contribution in [1.82, 2.24) is 15.0 Å². The van der Waals surface area contributed by atoms with Crippen LogP contribution in [0.3, 0.4) is 0 Å². The highest BCUT2D eigenvalue weighted by Crippen LogP contribution is 2.19. The van der Waals surface area contributed by atoms with E-state index in [0.717, 1.165) is 19.3 Å². The number of rotatable bonds is 6. The van der Waals surface area contributed by atoms with Crippen LogP contribution >= 0.6 is 0 Å². The highest BCUT2D eigenvalue weighted by molar-refractivity contribution is 7.88. The molecule has 1 heterocycles. The van der Waals surface area contributed by atoms with Crippen molar-refractivity contribution < 1.29 is 13.0 Å². The Labute approximate surface area is 129 Å². The number of nitrogens with one attached hydrogen (secondary N) is 1. The van der Waals surface area contributed by atoms with E-state index in [9.17, 15) is 8.42 Å². The molecule has 0 amide bonds. The van der Waals surface area contributed by atoms with Crippen LogP contribution in [0.15, 0.2) is 34.5 Å². The van der Waals surface area contributed by atoms with E-state index >= 15 is 0 Å². The van der Waals surface area contributed by atoms with E-state index in [1.165, 1.54) is 18.4 Å². The van der Waals surface area contributed by atoms with Crippen LogP contribution in [0.5, 0.6) is 0 Å². The summed E-state index contributed by atoms with van der Waals surface area (Å²) in [5.74, 6) is -0.0607. The van der Waals surface area contributed by atoms with Crippen molar-refractivity contribution in [3.63, 3.8) is 0 Å². The molecule has 0 spiro atoms. The summed E-state index contributed by atoms with van der Waals surface area (Å²) in [7, 11) is -3.34. The lowest BCUT2D eigenvalue weighted by molar-refractivity contribution is 0.315. The lowest BCUT2D eigenvalue weighted by Crippen LogP contribution is -2.26. The summed E-state index contributed by atoms with van der Waals surface area (Å²) in [6.45, 7) is 0.460. The van der Waals surface area contributed by atoms with Crippen molar-refractivity contribution in [3.8, 4) is 0 Å². The van der Waals surface area contributed by atoms with Gasteiger partial charge in [0.15, 0.2) is 0 Å². The standard InChI is InChI=1S/C15H19N3O3S/c19-22(20,16-9-8-12-4-2-1-3-5-12)11-13-6-7-14-15(10-13)18-21-17-14/h4,6-7,10,16H,1-3,5,8-9,11H2. The van der Waals surface area contributed by atoms with Crippen LogP contribution in [0.2, 0.25) is 0 Å². The van der Waals surface area contributed by atoms with Crippen LogP contribution in [0.4, 0.5) is 0 Å². The Morgan fingerprint density at radius 3 is 2.86 bits per heavy atom. The third kappa shape index (κ3) is 3.92. The largest absolute Gasteiger partial charge is 0.243 e. The van der Waals surface area contributed by atoms with Crippen LogP contribution < -0.4 is 4.72 Å². The van der Waals surface area contributed by atoms with Crippen LogP contribution in [0.1, 0.15) is 37.7 Å². The Balaban J connectivity index is 1.56. The maximum Gasteiger partial charge on any atom is 0.215 e. The monoisotopic (exact) mass is 321 g/mol. The summed E-state index contributed by atoms with van der Waals surface area (Å²) in [6.07, 6.45) is 7.71. The van der Waals surface area contributed by atoms with Crippen LogP contribution in [-0.4, -0.2) is 25.3 Å². The average Bonchev–Trinajstić information content (AvgIpc) is 2.95. The smallest absolute Gasteiger partial charge is 0.215 e. The molecule has 0 atom stereocenters. The maximum atomic E-state index is 12.1. The average molecular weight is 321 g/mol. The first-order valence-electron chi connectivity index (χ1n) is 7.49. The molecule has 118 valence electrons. The molecule has 1 aliphatic carbocycles. The van der Waals surface area contributed by atoms with Crippen molar-refractivity contribution in [1.29, 1.82) is 0 Å². The highest BCUT2D eigenvalue weighted by atomic mass is 32.2. The van der Waals surface area contributed by atoms with Gasteiger partial charge in [0.2, 0.25) is 10.0 Å². The second-order valence-electron chi connectivity index (χ2n) is 5.60. The predicted molar refractivity (Wildman–Crippen MR) is 83.6 cm³/mol. The van der Waals surface area contributed by atoms with E-state index in [1.807, 2.05) is 0 Å². The lowest BCUT2D eigenvalue weighted by atomic mass is 9.97. The minimum absolute atomic E-state index is 0.0607. The number of allylic oxidation sites excluding steroid dienone is 1. The Bertz CT molecular complexity index is 780. The van der Waals surface area contributed by atoms with Crippen LogP contribution in [0, 0.1) is 0 Å². The van der Waals surface area contributed by atoms with Gasteiger partial charge in [0.1, 0.15) is 11.0 Å². The van der Waals surface area contributed by atoms with Crippen molar-refractivity contribution in [2.75, 3.05) is 6.54 Å². The molecule has 22 heavy (non-hydrogen) atoms. The summed E-state index contributed by atoms with van der Waals surface area (Å²) < 4.78 is 31.5. The van der Waals surface area contributed by atoms with Gasteiger partial charge in [0, 0.05) is 6.54 Å². The number of sulfonamides is 1. The Kier molecular flexibility index (Phi) is 4.54. The Hall–Kier alpha value is -1.73. The highest BCUT2D eigenvalue weighted by Gasteiger charge is 2.13. The lowest BCUT2D eigenvalue weighted by Gasteiger charge is -2.13. The number of benzene rings is 1. The molecule has 0 saturated heterocycles. The number of aromatic nitrogens is 2. The zero-order chi connectivity index (χ0) is 15.4. The molecule has 2 aromatic rings. The second-order valence-corrected chi connectivity index (χ2v) is 7.41. The molecule has 3 rings (SSSR count). The molecule has 1 aromatic carbocycles. The molecule has 1 N–H and O–H groups in total. The fraction of sp³-hybridized carbons (Fsp3) is 0.467. The van der Waals surface area contributed by atoms with E-state index in [2.05, 4.69) is 25.7 Å². The third-order valence-corrected chi connectivity index (χ3v) is 5.19. The molecular formula is C15H19N3O3S. The van der Waals surface area contributed by atoms with E-state index in [-0.39, 0.29) is 5.75 Å². The molecule has 7 heteroatoms. The van der Waals surface area contributed by atoms with E-state index in [4.69, 9.17) is 0 Å². The summed E-state index contributed by atoms with van der Waals surface area (Å²) in [6, 6.07) is 5.13. The SMILES string of the molecule is O=S(=O)(Cc1ccc2nonc2c1)NCCC1=CCCCC1. The Morgan fingerprint density at radius 2 is 2.05 bits per heavy atom. The van der Waals surface area contributed by atoms with Crippen molar-refractivity contribution in [2.45, 2.75) is 37.9 Å². The molecule has 1 aromatic heterocycles. The normalized spacial score (nSPS) is 15.9. The summed E-state index contributed by atoms with van der Waals surface area (Å²) in [5.41, 5.74) is 3.23. The van der Waals surface area contributed by atoms with Crippen molar-refractivity contribution in [2.24, 2.45) is 0 Å². The topological polar surface area (TPSA) is 85.1 Å². The van der Waals surface area contributed by atoms with Gasteiger partial charge in [-0.05, 0) is 60.1 Å². The number of hydrogen-bond acceptors (Lipinski definition) is 5. The fourth-order valence-corrected chi connectivity index (χ4v) is 3.82. The Morgan fingerprint density at radius 1 is 1.18 bits per heavy atom. The number of fused-ring (bicyclic) bond motifs is 1. The molecule has 1 aliphatic rings. The number of nitrogens with zero attached hydrogens (tertiary/aromatic N) is 2. The van der Waals surface area contributed by atoms with Gasteiger partial charge in [-0.1, -0.05) is 17.7 Å². The predicted octanol–water partition coefficient (Wildman–Crippen LogP) is 2.53.